The number of hydrogen-bond acceptors (Lipinski definition) is 5. The quantitative estimate of drug-likeness (QED) is 0.721. The van der Waals surface area contributed by atoms with Gasteiger partial charge in [-0.05, 0) is 5.56 Å². The van der Waals surface area contributed by atoms with E-state index in [2.05, 4.69) is 5.32 Å². The smallest absolute Gasteiger partial charge is 0.217 e. The van der Waals surface area contributed by atoms with Gasteiger partial charge in [0.15, 0.2) is 6.29 Å². The van der Waals surface area contributed by atoms with Crippen molar-refractivity contribution in [1.29, 1.82) is 0 Å². The minimum Gasteiger partial charge on any atom is -0.394 e. The maximum absolute atomic E-state index is 11.2. The second-order valence-electron chi connectivity index (χ2n) is 5.14. The molecule has 1 amide bonds. The van der Waals surface area contributed by atoms with Crippen LogP contribution in [0.25, 0.3) is 0 Å². The zero-order chi connectivity index (χ0) is 15.2. The predicted molar refractivity (Wildman–Crippen MR) is 75.2 cm³/mol. The van der Waals surface area contributed by atoms with E-state index in [0.717, 1.165) is 5.56 Å². The van der Waals surface area contributed by atoms with E-state index < -0.39 is 24.5 Å². The van der Waals surface area contributed by atoms with Crippen LogP contribution in [-0.2, 0) is 20.9 Å². The largest absolute Gasteiger partial charge is 0.394 e. The van der Waals surface area contributed by atoms with Crippen molar-refractivity contribution in [2.45, 2.75) is 44.5 Å². The second kappa shape index (κ2) is 7.51. The molecule has 0 radical (unpaired) electrons. The Kier molecular flexibility index (Phi) is 5.69. The van der Waals surface area contributed by atoms with E-state index in [1.807, 2.05) is 30.3 Å². The molecule has 6 nitrogen and oxygen atoms in total. The van der Waals surface area contributed by atoms with Gasteiger partial charge >= 0.3 is 0 Å². The normalized spacial score (nSPS) is 29.1. The van der Waals surface area contributed by atoms with Crippen molar-refractivity contribution in [3.63, 3.8) is 0 Å². The molecule has 1 aliphatic rings. The summed E-state index contributed by atoms with van der Waals surface area (Å²) in [6, 6.07) is 8.89. The molecule has 0 unspecified atom stereocenters. The molecule has 0 aliphatic carbocycles. The van der Waals surface area contributed by atoms with Crippen LogP contribution in [0, 0.1) is 0 Å². The van der Waals surface area contributed by atoms with Gasteiger partial charge in [0.25, 0.3) is 0 Å². The van der Waals surface area contributed by atoms with Gasteiger partial charge in [0.1, 0.15) is 6.04 Å². The highest BCUT2D eigenvalue weighted by Gasteiger charge is 2.38. The number of amides is 1. The van der Waals surface area contributed by atoms with E-state index in [-0.39, 0.29) is 18.9 Å². The summed E-state index contributed by atoms with van der Waals surface area (Å²) in [5, 5.41) is 21.9. The van der Waals surface area contributed by atoms with Crippen molar-refractivity contribution in [1.82, 2.24) is 5.32 Å². The summed E-state index contributed by atoms with van der Waals surface area (Å²) in [7, 11) is 0. The van der Waals surface area contributed by atoms with Gasteiger partial charge in [-0.3, -0.25) is 4.79 Å². The molecule has 0 aromatic heterocycles. The number of benzene rings is 1. The maximum atomic E-state index is 11.2. The van der Waals surface area contributed by atoms with Crippen molar-refractivity contribution < 1.29 is 24.5 Å². The van der Waals surface area contributed by atoms with Crippen LogP contribution in [0.5, 0.6) is 0 Å². The number of aliphatic hydroxyl groups is 2. The van der Waals surface area contributed by atoms with Crippen LogP contribution < -0.4 is 5.32 Å². The number of nitrogens with one attached hydrogen (secondary N) is 1. The predicted octanol–water partition coefficient (Wildman–Crippen LogP) is 0.176. The van der Waals surface area contributed by atoms with Gasteiger partial charge in [-0.15, -0.1) is 0 Å². The van der Waals surface area contributed by atoms with Crippen LogP contribution in [0.15, 0.2) is 30.3 Å². The number of rotatable bonds is 5. The van der Waals surface area contributed by atoms with Gasteiger partial charge in [-0.1, -0.05) is 30.3 Å². The lowest BCUT2D eigenvalue weighted by Crippen LogP contribution is -2.58. The van der Waals surface area contributed by atoms with E-state index >= 15 is 0 Å². The molecule has 0 bridgehead atoms. The molecule has 4 atom stereocenters. The molecule has 6 heteroatoms. The van der Waals surface area contributed by atoms with Crippen molar-refractivity contribution in [2.75, 3.05) is 6.61 Å². The van der Waals surface area contributed by atoms with Gasteiger partial charge < -0.3 is 25.0 Å². The fraction of sp³-hybridized carbons (Fsp3) is 0.533. The summed E-state index contributed by atoms with van der Waals surface area (Å²) in [4.78, 5) is 11.2. The second-order valence-corrected chi connectivity index (χ2v) is 5.14. The Hall–Kier alpha value is -1.47. The molecule has 116 valence electrons. The molecule has 21 heavy (non-hydrogen) atoms. The number of hydrogen-bond donors (Lipinski definition) is 3. The van der Waals surface area contributed by atoms with Crippen molar-refractivity contribution in [3.05, 3.63) is 35.9 Å². The standard InChI is InChI=1S/C15H21NO5/c1-10(18)16-14-13(19)7-12(8-17)21-15(14)20-9-11-5-3-2-4-6-11/h2-6,12-15,17,19H,7-9H2,1H3,(H,16,18)/t12-,13-,14+,15-/m0/s1. The lowest BCUT2D eigenvalue weighted by atomic mass is 10.00. The maximum Gasteiger partial charge on any atom is 0.217 e. The lowest BCUT2D eigenvalue weighted by molar-refractivity contribution is -0.241. The van der Waals surface area contributed by atoms with Crippen LogP contribution in [0.1, 0.15) is 18.9 Å². The minimum atomic E-state index is -0.819. The van der Waals surface area contributed by atoms with Crippen molar-refractivity contribution in [3.8, 4) is 0 Å². The minimum absolute atomic E-state index is 0.199. The first-order valence-corrected chi connectivity index (χ1v) is 6.97. The van der Waals surface area contributed by atoms with E-state index in [1.165, 1.54) is 6.92 Å². The molecule has 1 aliphatic heterocycles. The first kappa shape index (κ1) is 15.9. The highest BCUT2D eigenvalue weighted by molar-refractivity contribution is 5.73. The van der Waals surface area contributed by atoms with Crippen LogP contribution >= 0.6 is 0 Å². The Bertz CT molecular complexity index is 453. The highest BCUT2D eigenvalue weighted by atomic mass is 16.7. The first-order chi connectivity index (χ1) is 10.1. The Labute approximate surface area is 123 Å². The summed E-state index contributed by atoms with van der Waals surface area (Å²) in [6.07, 6.45) is -1.85. The molecular formula is C15H21NO5. The summed E-state index contributed by atoms with van der Waals surface area (Å²) in [5.41, 5.74) is 0.961. The fourth-order valence-corrected chi connectivity index (χ4v) is 2.34. The highest BCUT2D eigenvalue weighted by Crippen LogP contribution is 2.22. The molecular weight excluding hydrogens is 274 g/mol. The molecule has 0 spiro atoms. The van der Waals surface area contributed by atoms with E-state index in [1.54, 1.807) is 0 Å². The zero-order valence-electron chi connectivity index (χ0n) is 11.9. The molecule has 1 fully saturated rings. The number of carbonyl (C=O) groups excluding carboxylic acids is 1. The topological polar surface area (TPSA) is 88.0 Å². The Morgan fingerprint density at radius 3 is 2.76 bits per heavy atom. The third-order valence-electron chi connectivity index (χ3n) is 3.37. The van der Waals surface area contributed by atoms with Crippen molar-refractivity contribution >= 4 is 5.91 Å². The summed E-state index contributed by atoms with van der Waals surface area (Å²) in [5.74, 6) is -0.265. The zero-order valence-corrected chi connectivity index (χ0v) is 11.9. The average Bonchev–Trinajstić information content (AvgIpc) is 2.48. The van der Waals surface area contributed by atoms with Gasteiger partial charge in [0.05, 0.1) is 25.4 Å². The molecule has 2 rings (SSSR count). The lowest BCUT2D eigenvalue weighted by Gasteiger charge is -2.39. The van der Waals surface area contributed by atoms with Gasteiger partial charge in [-0.25, -0.2) is 0 Å². The number of aliphatic hydroxyl groups excluding tert-OH is 2. The molecule has 3 N–H and O–H groups in total. The van der Waals surface area contributed by atoms with E-state index in [4.69, 9.17) is 9.47 Å². The SMILES string of the molecule is CC(=O)N[C@H]1[C@@H](OCc2ccccc2)O[C@H](CO)C[C@@H]1O. The summed E-state index contributed by atoms with van der Waals surface area (Å²) < 4.78 is 11.3. The van der Waals surface area contributed by atoms with Crippen LogP contribution in [0.2, 0.25) is 0 Å². The van der Waals surface area contributed by atoms with Crippen LogP contribution in [0.4, 0.5) is 0 Å². The van der Waals surface area contributed by atoms with Crippen LogP contribution in [-0.4, -0.2) is 47.3 Å². The molecule has 1 aromatic carbocycles. The van der Waals surface area contributed by atoms with Gasteiger partial charge in [-0.2, -0.15) is 0 Å². The van der Waals surface area contributed by atoms with E-state index in [9.17, 15) is 15.0 Å². The van der Waals surface area contributed by atoms with Gasteiger partial charge in [0, 0.05) is 13.3 Å². The van der Waals surface area contributed by atoms with Crippen molar-refractivity contribution in [2.24, 2.45) is 0 Å². The molecule has 1 aromatic rings. The Morgan fingerprint density at radius 1 is 1.43 bits per heavy atom. The Balaban J connectivity index is 2.01. The number of ether oxygens (including phenoxy) is 2. The summed E-state index contributed by atoms with van der Waals surface area (Å²) in [6.45, 7) is 1.47. The summed E-state index contributed by atoms with van der Waals surface area (Å²) >= 11 is 0. The van der Waals surface area contributed by atoms with Gasteiger partial charge in [0.2, 0.25) is 5.91 Å². The molecule has 1 heterocycles. The Morgan fingerprint density at radius 2 is 2.14 bits per heavy atom. The fourth-order valence-electron chi connectivity index (χ4n) is 2.34. The number of carbonyl (C=O) groups is 1. The monoisotopic (exact) mass is 295 g/mol. The first-order valence-electron chi connectivity index (χ1n) is 6.97. The van der Waals surface area contributed by atoms with E-state index in [0.29, 0.717) is 6.61 Å². The molecule has 1 saturated heterocycles. The van der Waals surface area contributed by atoms with Crippen LogP contribution in [0.3, 0.4) is 0 Å². The molecule has 0 saturated carbocycles. The average molecular weight is 295 g/mol. The third kappa shape index (κ3) is 4.50. The third-order valence-corrected chi connectivity index (χ3v) is 3.37.